The van der Waals surface area contributed by atoms with Crippen LogP contribution in [0.3, 0.4) is 0 Å². The van der Waals surface area contributed by atoms with Crippen molar-refractivity contribution < 1.29 is 19.1 Å². The van der Waals surface area contributed by atoms with Crippen LogP contribution in [0.4, 0.5) is 21.9 Å². The summed E-state index contributed by atoms with van der Waals surface area (Å²) in [6, 6.07) is 16.1. The van der Waals surface area contributed by atoms with Crippen LogP contribution in [0.5, 0.6) is 5.88 Å². The van der Waals surface area contributed by atoms with Crippen molar-refractivity contribution >= 4 is 51.7 Å². The molecule has 1 atom stereocenters. The second-order valence-corrected chi connectivity index (χ2v) is 9.86. The molecular formula is C25H25N5O4S. The van der Waals surface area contributed by atoms with Crippen molar-refractivity contribution in [3.63, 3.8) is 0 Å². The summed E-state index contributed by atoms with van der Waals surface area (Å²) in [6.45, 7) is 2.75. The Morgan fingerprint density at radius 3 is 2.91 bits per heavy atom. The number of methoxy groups -OCH3 is 1. The lowest BCUT2D eigenvalue weighted by molar-refractivity contribution is -0.113. The summed E-state index contributed by atoms with van der Waals surface area (Å²) in [5.41, 5.74) is 3.50. The van der Waals surface area contributed by atoms with Gasteiger partial charge in [0.1, 0.15) is 6.10 Å². The summed E-state index contributed by atoms with van der Waals surface area (Å²) < 4.78 is 10.9. The van der Waals surface area contributed by atoms with Crippen molar-refractivity contribution in [2.45, 2.75) is 17.0 Å². The highest BCUT2D eigenvalue weighted by Crippen LogP contribution is 2.35. The predicted molar refractivity (Wildman–Crippen MR) is 136 cm³/mol. The molecule has 0 radical (unpaired) electrons. The summed E-state index contributed by atoms with van der Waals surface area (Å²) in [5, 5.41) is 7.48. The normalized spacial score (nSPS) is 19.9. The molecule has 0 bridgehead atoms. The number of anilines is 3. The van der Waals surface area contributed by atoms with Gasteiger partial charge in [0.15, 0.2) is 0 Å². The van der Waals surface area contributed by atoms with Crippen LogP contribution in [0.2, 0.25) is 0 Å². The van der Waals surface area contributed by atoms with Crippen LogP contribution in [0.1, 0.15) is 0 Å². The zero-order valence-corrected chi connectivity index (χ0v) is 20.0. The van der Waals surface area contributed by atoms with Crippen LogP contribution in [0.15, 0.2) is 53.4 Å². The molecule has 6 rings (SSSR count). The van der Waals surface area contributed by atoms with Crippen molar-refractivity contribution in [3.8, 4) is 5.88 Å². The third kappa shape index (κ3) is 4.23. The molecule has 2 amide bonds. The number of aromatic nitrogens is 1. The van der Waals surface area contributed by atoms with Gasteiger partial charge in [-0.25, -0.2) is 9.78 Å². The Hall–Kier alpha value is -3.50. The van der Waals surface area contributed by atoms with Gasteiger partial charge in [0.25, 0.3) is 0 Å². The first-order chi connectivity index (χ1) is 17.1. The number of carbonyl (C=O) groups is 2. The van der Waals surface area contributed by atoms with Gasteiger partial charge in [-0.05, 0) is 30.3 Å². The second kappa shape index (κ2) is 8.94. The Morgan fingerprint density at radius 1 is 1.17 bits per heavy atom. The topological polar surface area (TPSA) is 96.0 Å². The van der Waals surface area contributed by atoms with Crippen LogP contribution in [0.25, 0.3) is 10.9 Å². The zero-order chi connectivity index (χ0) is 23.9. The number of pyridine rings is 1. The first kappa shape index (κ1) is 22.0. The molecule has 2 aromatic carbocycles. The van der Waals surface area contributed by atoms with E-state index in [1.165, 1.54) is 11.8 Å². The number of amides is 2. The largest absolute Gasteiger partial charge is 0.481 e. The predicted octanol–water partition coefficient (Wildman–Crippen LogP) is 3.09. The molecule has 3 aliphatic rings. The van der Waals surface area contributed by atoms with E-state index in [9.17, 15) is 9.59 Å². The molecule has 2 saturated heterocycles. The Morgan fingerprint density at radius 2 is 2.06 bits per heavy atom. The molecule has 0 unspecified atom stereocenters. The van der Waals surface area contributed by atoms with Gasteiger partial charge >= 0.3 is 6.09 Å². The number of cyclic esters (lactones) is 1. The molecule has 9 nitrogen and oxygen atoms in total. The van der Waals surface area contributed by atoms with Crippen LogP contribution in [-0.2, 0) is 9.53 Å². The maximum atomic E-state index is 12.5. The fraction of sp³-hybridized carbons (Fsp3) is 0.320. The molecule has 35 heavy (non-hydrogen) atoms. The highest BCUT2D eigenvalue weighted by atomic mass is 32.2. The average molecular weight is 492 g/mol. The maximum Gasteiger partial charge on any atom is 0.414 e. The third-order valence-corrected chi connectivity index (χ3v) is 7.59. The lowest BCUT2D eigenvalue weighted by atomic mass is 10.1. The van der Waals surface area contributed by atoms with E-state index in [2.05, 4.69) is 32.7 Å². The number of benzene rings is 2. The van der Waals surface area contributed by atoms with Crippen molar-refractivity contribution in [1.82, 2.24) is 10.3 Å². The first-order valence-electron chi connectivity index (χ1n) is 11.5. The smallest absolute Gasteiger partial charge is 0.414 e. The standard InChI is InChI=1S/C25H25N5O4S/c1-33-23-8-5-15-3-2-4-20(24(15)28-23)29-11-16(12-29)26-10-18-13-30(25(32)34-18)17-6-7-21-19(9-17)27-22(31)14-35-21/h2-9,16,18,26H,10-14H2,1H3,(H,27,31)/t18-/m1/s1. The number of rotatable bonds is 6. The fourth-order valence-electron chi connectivity index (χ4n) is 4.66. The number of ether oxygens (including phenoxy) is 2. The first-order valence-corrected chi connectivity index (χ1v) is 12.5. The van der Waals surface area contributed by atoms with Crippen LogP contribution in [-0.4, -0.2) is 68.2 Å². The van der Waals surface area contributed by atoms with Crippen LogP contribution < -0.4 is 25.2 Å². The number of fused-ring (bicyclic) bond motifs is 2. The Kier molecular flexibility index (Phi) is 5.62. The monoisotopic (exact) mass is 491 g/mol. The Balaban J connectivity index is 1.05. The van der Waals surface area contributed by atoms with Gasteiger partial charge in [0.05, 0.1) is 36.3 Å². The Bertz CT molecular complexity index is 1310. The van der Waals surface area contributed by atoms with E-state index in [1.54, 1.807) is 12.0 Å². The molecule has 0 spiro atoms. The summed E-state index contributed by atoms with van der Waals surface area (Å²) in [5.74, 6) is 0.988. The summed E-state index contributed by atoms with van der Waals surface area (Å²) in [4.78, 5) is 33.8. The Labute approximate surface area is 206 Å². The number of hydrogen-bond acceptors (Lipinski definition) is 8. The average Bonchev–Trinajstić information content (AvgIpc) is 3.22. The summed E-state index contributed by atoms with van der Waals surface area (Å²) >= 11 is 1.50. The highest BCUT2D eigenvalue weighted by molar-refractivity contribution is 8.00. The van der Waals surface area contributed by atoms with Crippen molar-refractivity contribution in [2.75, 3.05) is 54.2 Å². The van der Waals surface area contributed by atoms with E-state index >= 15 is 0 Å². The van der Waals surface area contributed by atoms with Gasteiger partial charge in [-0.3, -0.25) is 9.69 Å². The lowest BCUT2D eigenvalue weighted by Crippen LogP contribution is -2.59. The van der Waals surface area contributed by atoms with Crippen LogP contribution >= 0.6 is 11.8 Å². The second-order valence-electron chi connectivity index (χ2n) is 8.85. The minimum atomic E-state index is -0.363. The number of thioether (sulfide) groups is 1. The molecule has 2 N–H and O–H groups in total. The molecule has 0 aliphatic carbocycles. The van der Waals surface area contributed by atoms with E-state index in [-0.39, 0.29) is 18.1 Å². The van der Waals surface area contributed by atoms with Gasteiger partial charge in [0.2, 0.25) is 11.8 Å². The highest BCUT2D eigenvalue weighted by Gasteiger charge is 2.35. The summed E-state index contributed by atoms with van der Waals surface area (Å²) in [7, 11) is 1.62. The number of nitrogens with one attached hydrogen (secondary N) is 2. The van der Waals surface area contributed by atoms with E-state index in [0.717, 1.165) is 46.0 Å². The molecule has 10 heteroatoms. The number of carbonyl (C=O) groups excluding carboxylic acids is 2. The molecule has 0 saturated carbocycles. The number of para-hydroxylation sites is 1. The van der Waals surface area contributed by atoms with Crippen LogP contribution in [0, 0.1) is 0 Å². The van der Waals surface area contributed by atoms with Gasteiger partial charge in [-0.2, -0.15) is 0 Å². The molecule has 4 heterocycles. The van der Waals surface area contributed by atoms with E-state index in [1.807, 2.05) is 36.4 Å². The third-order valence-electron chi connectivity index (χ3n) is 6.52. The molecule has 3 aromatic rings. The number of nitrogens with zero attached hydrogens (tertiary/aromatic N) is 3. The van der Waals surface area contributed by atoms with Gasteiger partial charge < -0.3 is 25.0 Å². The van der Waals surface area contributed by atoms with E-state index in [0.29, 0.717) is 30.8 Å². The van der Waals surface area contributed by atoms with Gasteiger partial charge in [0, 0.05) is 47.7 Å². The molecule has 2 fully saturated rings. The van der Waals surface area contributed by atoms with Gasteiger partial charge in [-0.1, -0.05) is 12.1 Å². The molecule has 3 aliphatic heterocycles. The number of hydrogen-bond donors (Lipinski definition) is 2. The SMILES string of the molecule is COc1ccc2cccc(N3CC(NC[C@@H]4CN(c5ccc6c(c5)NC(=O)CS6)C(=O)O4)C3)c2n1. The maximum absolute atomic E-state index is 12.5. The van der Waals surface area contributed by atoms with Crippen molar-refractivity contribution in [2.24, 2.45) is 0 Å². The summed E-state index contributed by atoms with van der Waals surface area (Å²) in [6.07, 6.45) is -0.599. The van der Waals surface area contributed by atoms with E-state index in [4.69, 9.17) is 9.47 Å². The van der Waals surface area contributed by atoms with E-state index < -0.39 is 0 Å². The minimum Gasteiger partial charge on any atom is -0.481 e. The van der Waals surface area contributed by atoms with Crippen molar-refractivity contribution in [1.29, 1.82) is 0 Å². The molecule has 180 valence electrons. The zero-order valence-electron chi connectivity index (χ0n) is 19.2. The minimum absolute atomic E-state index is 0.0290. The molecular weight excluding hydrogens is 466 g/mol. The lowest BCUT2D eigenvalue weighted by Gasteiger charge is -2.42. The van der Waals surface area contributed by atoms with Gasteiger partial charge in [-0.15, -0.1) is 11.8 Å². The quantitative estimate of drug-likeness (QED) is 0.543. The van der Waals surface area contributed by atoms with Crippen molar-refractivity contribution in [3.05, 3.63) is 48.5 Å². The molecule has 1 aromatic heterocycles. The fourth-order valence-corrected chi connectivity index (χ4v) is 5.45.